The van der Waals surface area contributed by atoms with Gasteiger partial charge in [-0.15, -0.1) is 5.10 Å². The van der Waals surface area contributed by atoms with Crippen LogP contribution in [0.15, 0.2) is 36.7 Å². The summed E-state index contributed by atoms with van der Waals surface area (Å²) >= 11 is 0. The maximum Gasteiger partial charge on any atom is 0.187 e. The Morgan fingerprint density at radius 3 is 2.71 bits per heavy atom. The lowest BCUT2D eigenvalue weighted by atomic mass is 10.3. The van der Waals surface area contributed by atoms with Crippen molar-refractivity contribution < 1.29 is 0 Å². The van der Waals surface area contributed by atoms with Crippen molar-refractivity contribution in [3.8, 4) is 5.69 Å². The zero-order valence-corrected chi connectivity index (χ0v) is 9.41. The van der Waals surface area contributed by atoms with Gasteiger partial charge in [-0.2, -0.15) is 4.68 Å². The SMILES string of the molecule is CCc1ncnc2c1nnn2-c1ccccc1. The second kappa shape index (κ2) is 3.93. The molecule has 5 nitrogen and oxygen atoms in total. The third-order valence-corrected chi connectivity index (χ3v) is 2.65. The van der Waals surface area contributed by atoms with Crippen LogP contribution in [-0.2, 0) is 6.42 Å². The minimum atomic E-state index is 0.753. The van der Waals surface area contributed by atoms with Crippen LogP contribution < -0.4 is 0 Å². The molecule has 5 heteroatoms. The first-order valence-electron chi connectivity index (χ1n) is 5.51. The van der Waals surface area contributed by atoms with E-state index in [2.05, 4.69) is 20.3 Å². The van der Waals surface area contributed by atoms with E-state index in [1.807, 2.05) is 37.3 Å². The van der Waals surface area contributed by atoms with Crippen LogP contribution in [0.3, 0.4) is 0 Å². The van der Waals surface area contributed by atoms with Gasteiger partial charge < -0.3 is 0 Å². The number of rotatable bonds is 2. The molecule has 0 radical (unpaired) electrons. The second-order valence-corrected chi connectivity index (χ2v) is 3.68. The van der Waals surface area contributed by atoms with Gasteiger partial charge >= 0.3 is 0 Å². The third-order valence-electron chi connectivity index (χ3n) is 2.65. The van der Waals surface area contributed by atoms with E-state index in [0.29, 0.717) is 0 Å². The third kappa shape index (κ3) is 1.56. The molecular formula is C12H11N5. The average Bonchev–Trinajstić information content (AvgIpc) is 2.83. The monoisotopic (exact) mass is 225 g/mol. The average molecular weight is 225 g/mol. The van der Waals surface area contributed by atoms with Crippen molar-refractivity contribution in [3.63, 3.8) is 0 Å². The van der Waals surface area contributed by atoms with E-state index in [-0.39, 0.29) is 0 Å². The zero-order chi connectivity index (χ0) is 11.7. The number of aromatic nitrogens is 5. The molecule has 0 aliphatic carbocycles. The Hall–Kier alpha value is -2.30. The molecule has 0 aliphatic heterocycles. The molecule has 0 saturated heterocycles. The number of aryl methyl sites for hydroxylation is 1. The van der Waals surface area contributed by atoms with Gasteiger partial charge in [0.25, 0.3) is 0 Å². The van der Waals surface area contributed by atoms with Gasteiger partial charge in [0, 0.05) is 0 Å². The Bertz CT molecular complexity index is 644. The minimum Gasteiger partial charge on any atom is -0.239 e. The highest BCUT2D eigenvalue weighted by Crippen LogP contribution is 2.15. The fourth-order valence-electron chi connectivity index (χ4n) is 1.80. The molecule has 2 heterocycles. The van der Waals surface area contributed by atoms with Crippen molar-refractivity contribution in [1.29, 1.82) is 0 Å². The van der Waals surface area contributed by atoms with Gasteiger partial charge in [-0.25, -0.2) is 9.97 Å². The van der Waals surface area contributed by atoms with E-state index in [9.17, 15) is 0 Å². The number of hydrogen-bond acceptors (Lipinski definition) is 4. The van der Waals surface area contributed by atoms with Crippen molar-refractivity contribution in [2.75, 3.05) is 0 Å². The molecule has 0 N–H and O–H groups in total. The van der Waals surface area contributed by atoms with Crippen LogP contribution in [0.4, 0.5) is 0 Å². The van der Waals surface area contributed by atoms with Crippen molar-refractivity contribution in [1.82, 2.24) is 25.0 Å². The normalized spacial score (nSPS) is 10.9. The van der Waals surface area contributed by atoms with Crippen molar-refractivity contribution in [2.45, 2.75) is 13.3 Å². The van der Waals surface area contributed by atoms with E-state index >= 15 is 0 Å². The van der Waals surface area contributed by atoms with Crippen LogP contribution in [0.25, 0.3) is 16.9 Å². The molecule has 2 aromatic heterocycles. The molecule has 0 atom stereocenters. The summed E-state index contributed by atoms with van der Waals surface area (Å²) in [7, 11) is 0. The van der Waals surface area contributed by atoms with Crippen LogP contribution in [0.1, 0.15) is 12.6 Å². The lowest BCUT2D eigenvalue weighted by Gasteiger charge is -2.00. The Labute approximate surface area is 98.1 Å². The fourth-order valence-corrected chi connectivity index (χ4v) is 1.80. The number of hydrogen-bond donors (Lipinski definition) is 0. The number of para-hydroxylation sites is 1. The molecule has 1 aromatic carbocycles. The minimum absolute atomic E-state index is 0.753. The molecule has 3 aromatic rings. The van der Waals surface area contributed by atoms with Gasteiger partial charge in [0.15, 0.2) is 11.2 Å². The second-order valence-electron chi connectivity index (χ2n) is 3.68. The molecule has 0 saturated carbocycles. The summed E-state index contributed by atoms with van der Waals surface area (Å²) in [5.41, 5.74) is 3.41. The van der Waals surface area contributed by atoms with E-state index in [1.165, 1.54) is 0 Å². The predicted molar refractivity (Wildman–Crippen MR) is 63.8 cm³/mol. The first-order valence-corrected chi connectivity index (χ1v) is 5.51. The van der Waals surface area contributed by atoms with E-state index in [1.54, 1.807) is 11.0 Å². The highest BCUT2D eigenvalue weighted by atomic mass is 15.4. The van der Waals surface area contributed by atoms with Gasteiger partial charge in [0.2, 0.25) is 0 Å². The maximum absolute atomic E-state index is 4.25. The molecule has 0 aliphatic rings. The van der Waals surface area contributed by atoms with Crippen LogP contribution in [-0.4, -0.2) is 25.0 Å². The Morgan fingerprint density at radius 1 is 1.12 bits per heavy atom. The molecule has 0 amide bonds. The molecular weight excluding hydrogens is 214 g/mol. The van der Waals surface area contributed by atoms with Crippen molar-refractivity contribution >= 4 is 11.2 Å². The smallest absolute Gasteiger partial charge is 0.187 e. The van der Waals surface area contributed by atoms with Gasteiger partial charge in [0.1, 0.15) is 6.33 Å². The summed E-state index contributed by atoms with van der Waals surface area (Å²) in [5, 5.41) is 8.29. The van der Waals surface area contributed by atoms with E-state index in [4.69, 9.17) is 0 Å². The lowest BCUT2D eigenvalue weighted by molar-refractivity contribution is 0.817. The van der Waals surface area contributed by atoms with Crippen LogP contribution >= 0.6 is 0 Å². The van der Waals surface area contributed by atoms with Crippen LogP contribution in [0.2, 0.25) is 0 Å². The Kier molecular flexibility index (Phi) is 2.29. The highest BCUT2D eigenvalue weighted by Gasteiger charge is 2.10. The van der Waals surface area contributed by atoms with Gasteiger partial charge in [0.05, 0.1) is 11.4 Å². The summed E-state index contributed by atoms with van der Waals surface area (Å²) in [6, 6.07) is 9.84. The highest BCUT2D eigenvalue weighted by molar-refractivity contribution is 5.73. The largest absolute Gasteiger partial charge is 0.239 e. The van der Waals surface area contributed by atoms with E-state index < -0.39 is 0 Å². The van der Waals surface area contributed by atoms with Gasteiger partial charge in [-0.05, 0) is 18.6 Å². The quantitative estimate of drug-likeness (QED) is 0.667. The topological polar surface area (TPSA) is 56.5 Å². The van der Waals surface area contributed by atoms with Crippen LogP contribution in [0.5, 0.6) is 0 Å². The first kappa shape index (κ1) is 9.89. The summed E-state index contributed by atoms with van der Waals surface area (Å²) in [4.78, 5) is 8.46. The van der Waals surface area contributed by atoms with Gasteiger partial charge in [-0.1, -0.05) is 30.3 Å². The molecule has 0 fully saturated rings. The molecule has 17 heavy (non-hydrogen) atoms. The zero-order valence-electron chi connectivity index (χ0n) is 9.41. The van der Waals surface area contributed by atoms with Gasteiger partial charge in [-0.3, -0.25) is 0 Å². The van der Waals surface area contributed by atoms with E-state index in [0.717, 1.165) is 29.0 Å². The molecule has 3 rings (SSSR count). The number of benzene rings is 1. The molecule has 0 spiro atoms. The summed E-state index contributed by atoms with van der Waals surface area (Å²) in [6.07, 6.45) is 2.39. The molecule has 0 bridgehead atoms. The first-order chi connectivity index (χ1) is 8.40. The van der Waals surface area contributed by atoms with Crippen LogP contribution in [0, 0.1) is 0 Å². The Morgan fingerprint density at radius 2 is 1.94 bits per heavy atom. The van der Waals surface area contributed by atoms with Crippen molar-refractivity contribution in [2.24, 2.45) is 0 Å². The number of fused-ring (bicyclic) bond motifs is 1. The standard InChI is InChI=1S/C12H11N5/c1-2-10-11-12(14-8-13-10)17(16-15-11)9-6-4-3-5-7-9/h3-8H,2H2,1H3. The molecule has 84 valence electrons. The Balaban J connectivity index is 2.26. The summed E-state index contributed by atoms with van der Waals surface area (Å²) < 4.78 is 1.73. The maximum atomic E-state index is 4.25. The van der Waals surface area contributed by atoms with Crippen molar-refractivity contribution in [3.05, 3.63) is 42.4 Å². The number of nitrogens with zero attached hydrogens (tertiary/aromatic N) is 5. The lowest BCUT2D eigenvalue weighted by Crippen LogP contribution is -1.98. The predicted octanol–water partition coefficient (Wildman–Crippen LogP) is 1.77. The summed E-state index contributed by atoms with van der Waals surface area (Å²) in [6.45, 7) is 2.04. The summed E-state index contributed by atoms with van der Waals surface area (Å²) in [5.74, 6) is 0. The fraction of sp³-hybridized carbons (Fsp3) is 0.167. The molecule has 0 unspecified atom stereocenters.